The van der Waals surface area contributed by atoms with E-state index in [0.29, 0.717) is 47.9 Å². The molecular formula is C25H22N6O4. The van der Waals surface area contributed by atoms with Crippen LogP contribution in [0.25, 0.3) is 16.9 Å². The van der Waals surface area contributed by atoms with Gasteiger partial charge >= 0.3 is 5.69 Å². The van der Waals surface area contributed by atoms with Crippen LogP contribution in [0.4, 0.5) is 5.82 Å². The van der Waals surface area contributed by atoms with Crippen LogP contribution in [-0.4, -0.2) is 48.2 Å². The fourth-order valence-corrected chi connectivity index (χ4v) is 4.31. The normalized spacial score (nSPS) is 15.0. The van der Waals surface area contributed by atoms with Crippen molar-refractivity contribution in [3.05, 3.63) is 71.4 Å². The lowest BCUT2D eigenvalue weighted by molar-refractivity contribution is -0.124. The van der Waals surface area contributed by atoms with E-state index in [4.69, 9.17) is 4.74 Å². The van der Waals surface area contributed by atoms with Crippen LogP contribution < -0.4 is 15.9 Å². The summed E-state index contributed by atoms with van der Waals surface area (Å²) < 4.78 is 8.85. The van der Waals surface area contributed by atoms with Crippen LogP contribution in [0.5, 0.6) is 11.5 Å². The van der Waals surface area contributed by atoms with Gasteiger partial charge in [0, 0.05) is 13.1 Å². The maximum Gasteiger partial charge on any atom is 0.335 e. The number of ether oxygens (including phenoxy) is 1. The van der Waals surface area contributed by atoms with E-state index in [9.17, 15) is 14.8 Å². The molecule has 2 aromatic carbocycles. The highest BCUT2D eigenvalue weighted by atomic mass is 16.5. The molecule has 176 valence electrons. The first kappa shape index (κ1) is 22.2. The summed E-state index contributed by atoms with van der Waals surface area (Å²) in [6.45, 7) is 2.43. The molecule has 35 heavy (non-hydrogen) atoms. The summed E-state index contributed by atoms with van der Waals surface area (Å²) in [4.78, 5) is 36.0. The first-order chi connectivity index (χ1) is 17.1. The number of rotatable bonds is 5. The number of hydrogen-bond donors (Lipinski definition) is 2. The number of amides is 1. The number of carbonyl (C=O) groups is 1. The van der Waals surface area contributed by atoms with Gasteiger partial charge < -0.3 is 9.64 Å². The van der Waals surface area contributed by atoms with E-state index in [0.717, 1.165) is 0 Å². The minimum absolute atomic E-state index is 0.0956. The van der Waals surface area contributed by atoms with Crippen molar-refractivity contribution in [3.63, 3.8) is 0 Å². The van der Waals surface area contributed by atoms with Gasteiger partial charge in [-0.3, -0.25) is 24.6 Å². The molecule has 0 radical (unpaired) electrons. The van der Waals surface area contributed by atoms with Gasteiger partial charge in [0.1, 0.15) is 23.3 Å². The van der Waals surface area contributed by atoms with Crippen LogP contribution >= 0.6 is 0 Å². The predicted molar refractivity (Wildman–Crippen MR) is 129 cm³/mol. The maximum absolute atomic E-state index is 13.7. The molecule has 1 amide bonds. The summed E-state index contributed by atoms with van der Waals surface area (Å²) in [5.41, 5.74) is 2.95. The Kier molecular flexibility index (Phi) is 5.91. The Morgan fingerprint density at radius 2 is 1.86 bits per heavy atom. The summed E-state index contributed by atoms with van der Waals surface area (Å²) in [6.07, 6.45) is 1.85. The number of benzene rings is 2. The molecule has 10 heteroatoms. The van der Waals surface area contributed by atoms with Crippen LogP contribution in [-0.2, 0) is 4.79 Å². The topological polar surface area (TPSA) is 115 Å². The Morgan fingerprint density at radius 3 is 2.57 bits per heavy atom. The molecule has 1 atom stereocenters. The lowest BCUT2D eigenvalue weighted by Gasteiger charge is -2.14. The SMILES string of the molecule is CC#CC(=O)N1CCC(n2c(=O)n(-c3ccc(Oc4ccccc4)cc3)c3c(NO)ncnc32)C1. The molecular weight excluding hydrogens is 448 g/mol. The molecule has 0 saturated carbocycles. The van der Waals surface area contributed by atoms with Crippen molar-refractivity contribution in [2.75, 3.05) is 18.6 Å². The number of para-hydroxylation sites is 1. The van der Waals surface area contributed by atoms with Crippen molar-refractivity contribution in [3.8, 4) is 29.0 Å². The highest BCUT2D eigenvalue weighted by Gasteiger charge is 2.31. The number of aromatic nitrogens is 4. The molecule has 3 heterocycles. The van der Waals surface area contributed by atoms with Crippen LogP contribution in [0, 0.1) is 11.8 Å². The van der Waals surface area contributed by atoms with Crippen molar-refractivity contribution in [2.45, 2.75) is 19.4 Å². The molecule has 10 nitrogen and oxygen atoms in total. The van der Waals surface area contributed by atoms with E-state index in [1.54, 1.807) is 40.7 Å². The first-order valence-corrected chi connectivity index (χ1v) is 11.0. The molecule has 1 aliphatic rings. The standard InChI is InChI=1S/C25H22N6O4/c1-2-6-21(32)29-14-13-18(15-29)31-24-22(23(28-34)26-16-27-24)30(25(31)33)17-9-11-20(12-10-17)35-19-7-4-3-5-8-19/h3-5,7-12,16,18,34H,13-15H2,1H3,(H,26,27,28). The molecule has 2 aromatic heterocycles. The monoisotopic (exact) mass is 470 g/mol. The predicted octanol–water partition coefficient (Wildman–Crippen LogP) is 2.97. The van der Waals surface area contributed by atoms with Gasteiger partial charge in [0.2, 0.25) is 0 Å². The van der Waals surface area contributed by atoms with E-state index >= 15 is 0 Å². The van der Waals surface area contributed by atoms with Crippen molar-refractivity contribution < 1.29 is 14.7 Å². The van der Waals surface area contributed by atoms with Gasteiger partial charge in [-0.05, 0) is 55.7 Å². The van der Waals surface area contributed by atoms with Gasteiger partial charge in [-0.15, -0.1) is 0 Å². The molecule has 0 aliphatic carbocycles. The smallest absolute Gasteiger partial charge is 0.335 e. The summed E-state index contributed by atoms with van der Waals surface area (Å²) in [5.74, 6) is 6.30. The number of hydrogen-bond acceptors (Lipinski definition) is 7. The van der Waals surface area contributed by atoms with E-state index in [2.05, 4.69) is 27.3 Å². The van der Waals surface area contributed by atoms with Crippen molar-refractivity contribution in [1.82, 2.24) is 24.0 Å². The van der Waals surface area contributed by atoms with E-state index < -0.39 is 0 Å². The van der Waals surface area contributed by atoms with Gasteiger partial charge in [-0.25, -0.2) is 14.8 Å². The number of carbonyl (C=O) groups excluding carboxylic acids is 1. The van der Waals surface area contributed by atoms with Gasteiger partial charge in [0.05, 0.1) is 11.7 Å². The van der Waals surface area contributed by atoms with Crippen LogP contribution in [0.1, 0.15) is 19.4 Å². The third kappa shape index (κ3) is 4.09. The van der Waals surface area contributed by atoms with E-state index in [-0.39, 0.29) is 23.5 Å². The lowest BCUT2D eigenvalue weighted by atomic mass is 10.2. The fourth-order valence-electron chi connectivity index (χ4n) is 4.31. The van der Waals surface area contributed by atoms with Crippen molar-refractivity contribution >= 4 is 22.9 Å². The lowest BCUT2D eigenvalue weighted by Crippen LogP contribution is -2.31. The zero-order chi connectivity index (χ0) is 24.4. The van der Waals surface area contributed by atoms with E-state index in [1.807, 2.05) is 30.3 Å². The highest BCUT2D eigenvalue weighted by Crippen LogP contribution is 2.29. The van der Waals surface area contributed by atoms with Gasteiger partial charge in [-0.2, -0.15) is 0 Å². The molecule has 0 spiro atoms. The summed E-state index contributed by atoms with van der Waals surface area (Å²) in [5, 5.41) is 9.70. The Bertz CT molecular complexity index is 1500. The molecule has 1 saturated heterocycles. The maximum atomic E-state index is 13.7. The largest absolute Gasteiger partial charge is 0.457 e. The molecule has 2 N–H and O–H groups in total. The van der Waals surface area contributed by atoms with Crippen LogP contribution in [0.3, 0.4) is 0 Å². The third-order valence-electron chi connectivity index (χ3n) is 5.88. The molecule has 4 aromatic rings. The summed E-state index contributed by atoms with van der Waals surface area (Å²) >= 11 is 0. The Balaban J connectivity index is 1.56. The molecule has 0 bridgehead atoms. The van der Waals surface area contributed by atoms with E-state index in [1.165, 1.54) is 10.9 Å². The number of nitrogens with one attached hydrogen (secondary N) is 1. The average Bonchev–Trinajstić information content (AvgIpc) is 3.47. The second kappa shape index (κ2) is 9.32. The Morgan fingerprint density at radius 1 is 1.11 bits per heavy atom. The second-order valence-corrected chi connectivity index (χ2v) is 7.97. The molecule has 5 rings (SSSR count). The number of fused-ring (bicyclic) bond motifs is 1. The van der Waals surface area contributed by atoms with Crippen LogP contribution in [0.15, 0.2) is 65.7 Å². The zero-order valence-electron chi connectivity index (χ0n) is 18.9. The molecule has 1 unspecified atom stereocenters. The number of nitrogens with zero attached hydrogens (tertiary/aromatic N) is 5. The van der Waals surface area contributed by atoms with Gasteiger partial charge in [-0.1, -0.05) is 24.1 Å². The first-order valence-electron chi connectivity index (χ1n) is 11.0. The Labute approximate surface area is 200 Å². The molecule has 1 fully saturated rings. The number of anilines is 1. The third-order valence-corrected chi connectivity index (χ3v) is 5.88. The Hall–Kier alpha value is -4.62. The highest BCUT2D eigenvalue weighted by molar-refractivity contribution is 5.93. The summed E-state index contributed by atoms with van der Waals surface area (Å²) in [6, 6.07) is 16.1. The average molecular weight is 470 g/mol. The number of likely N-dealkylation sites (tertiary alicyclic amines) is 1. The number of imidazole rings is 1. The quantitative estimate of drug-likeness (QED) is 0.340. The minimum atomic E-state index is -0.352. The van der Waals surface area contributed by atoms with Crippen molar-refractivity contribution in [2.24, 2.45) is 0 Å². The van der Waals surface area contributed by atoms with Gasteiger partial charge in [0.15, 0.2) is 11.5 Å². The van der Waals surface area contributed by atoms with Gasteiger partial charge in [0.25, 0.3) is 5.91 Å². The zero-order valence-corrected chi connectivity index (χ0v) is 18.9. The van der Waals surface area contributed by atoms with Crippen LogP contribution in [0.2, 0.25) is 0 Å². The molecule has 1 aliphatic heterocycles. The summed E-state index contributed by atoms with van der Waals surface area (Å²) in [7, 11) is 0. The fraction of sp³-hybridized carbons (Fsp3) is 0.200. The van der Waals surface area contributed by atoms with Crippen molar-refractivity contribution in [1.29, 1.82) is 0 Å². The minimum Gasteiger partial charge on any atom is -0.457 e. The second-order valence-electron chi connectivity index (χ2n) is 7.97.